The molecule has 0 atom stereocenters. The zero-order valence-electron chi connectivity index (χ0n) is 16.1. The number of carbonyl (C=O) groups excluding carboxylic acids is 1. The quantitative estimate of drug-likeness (QED) is 0.593. The molecule has 1 amide bonds. The fourth-order valence-electron chi connectivity index (χ4n) is 2.78. The fraction of sp³-hybridized carbons (Fsp3) is 0.150. The summed E-state index contributed by atoms with van der Waals surface area (Å²) in [7, 11) is -4.12. The average Bonchev–Trinajstić information content (AvgIpc) is 3.18. The molecule has 0 aliphatic rings. The van der Waals surface area contributed by atoms with E-state index in [0.717, 1.165) is 5.56 Å². The Morgan fingerprint density at radius 1 is 1.27 bits per heavy atom. The number of amides is 1. The van der Waals surface area contributed by atoms with E-state index in [4.69, 9.17) is 15.1 Å². The molecule has 3 N–H and O–H groups in total. The van der Waals surface area contributed by atoms with Crippen molar-refractivity contribution >= 4 is 21.6 Å². The Bertz CT molecular complexity index is 1210. The topological polar surface area (TPSA) is 140 Å². The van der Waals surface area contributed by atoms with Gasteiger partial charge in [0.1, 0.15) is 16.7 Å². The van der Waals surface area contributed by atoms with E-state index in [-0.39, 0.29) is 34.2 Å². The van der Waals surface area contributed by atoms with Crippen LogP contribution in [-0.4, -0.2) is 30.7 Å². The van der Waals surface area contributed by atoms with Crippen LogP contribution in [0.2, 0.25) is 0 Å². The molecule has 0 unspecified atom stereocenters. The predicted octanol–water partition coefficient (Wildman–Crippen LogP) is 1.97. The number of aromatic nitrogens is 2. The summed E-state index contributed by atoms with van der Waals surface area (Å²) in [6.07, 6.45) is 2.79. The van der Waals surface area contributed by atoms with Gasteiger partial charge >= 0.3 is 0 Å². The molecule has 0 saturated heterocycles. The van der Waals surface area contributed by atoms with E-state index in [1.165, 1.54) is 35.3 Å². The highest BCUT2D eigenvalue weighted by Gasteiger charge is 2.18. The molecule has 1 heterocycles. The molecule has 0 aliphatic carbocycles. The minimum atomic E-state index is -4.12. The van der Waals surface area contributed by atoms with E-state index in [2.05, 4.69) is 10.4 Å². The lowest BCUT2D eigenvalue weighted by atomic mass is 10.1. The Morgan fingerprint density at radius 2 is 2.00 bits per heavy atom. The van der Waals surface area contributed by atoms with Crippen LogP contribution in [0.25, 0.3) is 5.69 Å². The summed E-state index contributed by atoms with van der Waals surface area (Å²) >= 11 is 0. The van der Waals surface area contributed by atoms with E-state index in [1.54, 1.807) is 24.3 Å². The molecule has 3 aromatic rings. The molecular weight excluding hydrogens is 406 g/mol. The smallest absolute Gasteiger partial charge is 0.240 e. The first-order chi connectivity index (χ1) is 14.3. The average molecular weight is 425 g/mol. The number of nitrogens with one attached hydrogen (secondary N) is 1. The standard InChI is InChI=1S/C20H19N5O4S/c1-2-29-17-6-3-14(4-7-17)9-20(26)24-16-5-8-18(19(10-16)30(22,27)28)25-13-15(11-21)12-23-25/h3-8,10,12-13H,2,9H2,1H3,(H,24,26)(H2,22,27,28). The van der Waals surface area contributed by atoms with Crippen molar-refractivity contribution in [2.45, 2.75) is 18.2 Å². The number of nitrogens with zero attached hydrogens (tertiary/aromatic N) is 3. The summed E-state index contributed by atoms with van der Waals surface area (Å²) in [6, 6.07) is 13.3. The van der Waals surface area contributed by atoms with Gasteiger partial charge in [0.25, 0.3) is 0 Å². The Morgan fingerprint density at radius 3 is 2.60 bits per heavy atom. The van der Waals surface area contributed by atoms with Crippen LogP contribution in [0, 0.1) is 11.3 Å². The zero-order chi connectivity index (χ0) is 21.7. The van der Waals surface area contributed by atoms with Crippen molar-refractivity contribution in [2.75, 3.05) is 11.9 Å². The maximum Gasteiger partial charge on any atom is 0.240 e. The van der Waals surface area contributed by atoms with Gasteiger partial charge in [-0.05, 0) is 42.8 Å². The lowest BCUT2D eigenvalue weighted by Crippen LogP contribution is -2.18. The number of nitrogens with two attached hydrogens (primary N) is 1. The number of rotatable bonds is 7. The monoisotopic (exact) mass is 425 g/mol. The molecule has 9 nitrogen and oxygen atoms in total. The highest BCUT2D eigenvalue weighted by molar-refractivity contribution is 7.89. The largest absolute Gasteiger partial charge is 0.494 e. The molecule has 0 fully saturated rings. The van der Waals surface area contributed by atoms with Crippen molar-refractivity contribution in [2.24, 2.45) is 5.14 Å². The van der Waals surface area contributed by atoms with Gasteiger partial charge in [-0.2, -0.15) is 10.4 Å². The number of carbonyl (C=O) groups is 1. The number of anilines is 1. The maximum atomic E-state index is 12.4. The summed E-state index contributed by atoms with van der Waals surface area (Å²) in [6.45, 7) is 2.44. The van der Waals surface area contributed by atoms with Gasteiger partial charge in [-0.1, -0.05) is 12.1 Å². The van der Waals surface area contributed by atoms with Crippen molar-refractivity contribution < 1.29 is 17.9 Å². The molecule has 0 saturated carbocycles. The fourth-order valence-corrected chi connectivity index (χ4v) is 3.53. The maximum absolute atomic E-state index is 12.4. The van der Waals surface area contributed by atoms with Gasteiger partial charge in [-0.25, -0.2) is 18.2 Å². The summed E-state index contributed by atoms with van der Waals surface area (Å²) in [5, 5.41) is 20.9. The van der Waals surface area contributed by atoms with Crippen LogP contribution < -0.4 is 15.2 Å². The SMILES string of the molecule is CCOc1ccc(CC(=O)Nc2ccc(-n3cc(C#N)cn3)c(S(N)(=O)=O)c2)cc1. The molecule has 0 bridgehead atoms. The minimum absolute atomic E-state index is 0.101. The predicted molar refractivity (Wildman–Crippen MR) is 110 cm³/mol. The van der Waals surface area contributed by atoms with Crippen molar-refractivity contribution in [3.63, 3.8) is 0 Å². The first-order valence-electron chi connectivity index (χ1n) is 8.93. The third-order valence-corrected chi connectivity index (χ3v) is 5.05. The van der Waals surface area contributed by atoms with E-state index < -0.39 is 10.0 Å². The lowest BCUT2D eigenvalue weighted by Gasteiger charge is -2.11. The van der Waals surface area contributed by atoms with Crippen molar-refractivity contribution in [3.8, 4) is 17.5 Å². The summed E-state index contributed by atoms with van der Waals surface area (Å²) in [4.78, 5) is 12.1. The van der Waals surface area contributed by atoms with Gasteiger partial charge in [0.2, 0.25) is 15.9 Å². The molecule has 154 valence electrons. The highest BCUT2D eigenvalue weighted by Crippen LogP contribution is 2.23. The number of hydrogen-bond acceptors (Lipinski definition) is 6. The first kappa shape index (κ1) is 21.0. The molecule has 10 heteroatoms. The molecule has 0 spiro atoms. The van der Waals surface area contributed by atoms with Crippen LogP contribution in [0.15, 0.2) is 59.8 Å². The van der Waals surface area contributed by atoms with Crippen LogP contribution in [0.1, 0.15) is 18.1 Å². The summed E-state index contributed by atoms with van der Waals surface area (Å²) in [5.74, 6) is 0.395. The van der Waals surface area contributed by atoms with E-state index in [9.17, 15) is 13.2 Å². The Kier molecular flexibility index (Phi) is 6.15. The number of ether oxygens (including phenoxy) is 1. The Balaban J connectivity index is 1.81. The first-order valence-corrected chi connectivity index (χ1v) is 10.5. The van der Waals surface area contributed by atoms with E-state index in [1.807, 2.05) is 13.0 Å². The zero-order valence-corrected chi connectivity index (χ0v) is 16.9. The van der Waals surface area contributed by atoms with Crippen molar-refractivity contribution in [1.82, 2.24) is 9.78 Å². The third kappa shape index (κ3) is 5.02. The molecule has 2 aromatic carbocycles. The van der Waals surface area contributed by atoms with Gasteiger partial charge in [0.05, 0.1) is 30.5 Å². The van der Waals surface area contributed by atoms with Crippen LogP contribution in [0.5, 0.6) is 5.75 Å². The van der Waals surface area contributed by atoms with Crippen LogP contribution >= 0.6 is 0 Å². The second kappa shape index (κ2) is 8.77. The molecule has 30 heavy (non-hydrogen) atoms. The minimum Gasteiger partial charge on any atom is -0.494 e. The van der Waals surface area contributed by atoms with Crippen molar-refractivity contribution in [1.29, 1.82) is 5.26 Å². The van der Waals surface area contributed by atoms with Crippen molar-refractivity contribution in [3.05, 3.63) is 66.0 Å². The van der Waals surface area contributed by atoms with Crippen LogP contribution in [0.3, 0.4) is 0 Å². The second-order valence-electron chi connectivity index (χ2n) is 6.31. The summed E-state index contributed by atoms with van der Waals surface area (Å²) in [5.41, 5.74) is 1.48. The second-order valence-corrected chi connectivity index (χ2v) is 7.84. The van der Waals surface area contributed by atoms with Gasteiger partial charge < -0.3 is 10.1 Å². The molecule has 3 rings (SSSR count). The number of primary sulfonamides is 1. The van der Waals surface area contributed by atoms with Gasteiger partial charge in [0.15, 0.2) is 0 Å². The van der Waals surface area contributed by atoms with Crippen LogP contribution in [0.4, 0.5) is 5.69 Å². The number of benzene rings is 2. The van der Waals surface area contributed by atoms with Crippen LogP contribution in [-0.2, 0) is 21.2 Å². The highest BCUT2D eigenvalue weighted by atomic mass is 32.2. The Hall–Kier alpha value is -3.68. The number of sulfonamides is 1. The van der Waals surface area contributed by atoms with Gasteiger partial charge in [-0.15, -0.1) is 0 Å². The lowest BCUT2D eigenvalue weighted by molar-refractivity contribution is -0.115. The third-order valence-electron chi connectivity index (χ3n) is 4.11. The molecular formula is C20H19N5O4S. The normalized spacial score (nSPS) is 11.0. The Labute approximate surface area is 173 Å². The van der Waals surface area contributed by atoms with E-state index >= 15 is 0 Å². The van der Waals surface area contributed by atoms with Gasteiger partial charge in [-0.3, -0.25) is 4.79 Å². The molecule has 0 radical (unpaired) electrons. The number of hydrogen-bond donors (Lipinski definition) is 2. The molecule has 0 aliphatic heterocycles. The number of nitriles is 1. The van der Waals surface area contributed by atoms with E-state index in [0.29, 0.717) is 12.4 Å². The van der Waals surface area contributed by atoms with Gasteiger partial charge in [0, 0.05) is 11.9 Å². The molecule has 1 aromatic heterocycles. The summed E-state index contributed by atoms with van der Waals surface area (Å²) < 4.78 is 30.7.